The van der Waals surface area contributed by atoms with Crippen molar-refractivity contribution < 1.29 is 14.3 Å². The van der Waals surface area contributed by atoms with Crippen molar-refractivity contribution in [2.75, 3.05) is 58.5 Å². The summed E-state index contributed by atoms with van der Waals surface area (Å²) in [4.78, 5) is 22.3. The van der Waals surface area contributed by atoms with Gasteiger partial charge in [0.2, 0.25) is 0 Å². The second-order valence-electron chi connectivity index (χ2n) is 8.73. The molecule has 0 radical (unpaired) electrons. The van der Waals surface area contributed by atoms with Crippen molar-refractivity contribution >= 4 is 17.4 Å². The average Bonchev–Trinajstić information content (AvgIpc) is 3.48. The van der Waals surface area contributed by atoms with E-state index >= 15 is 0 Å². The molecule has 0 atom stereocenters. The zero-order valence-electron chi connectivity index (χ0n) is 20.4. The number of pyridine rings is 1. The molecular weight excluding hydrogens is 430 g/mol. The lowest BCUT2D eigenvalue weighted by molar-refractivity contribution is 0.0949. The van der Waals surface area contributed by atoms with Crippen molar-refractivity contribution in [1.82, 2.24) is 19.6 Å². The minimum Gasteiger partial charge on any atom is -0.497 e. The van der Waals surface area contributed by atoms with E-state index in [2.05, 4.69) is 27.2 Å². The monoisotopic (exact) mass is 465 g/mol. The molecule has 8 heteroatoms. The van der Waals surface area contributed by atoms with Crippen LogP contribution >= 0.6 is 0 Å². The number of nitrogens with zero attached hydrogens (tertiary/aromatic N) is 4. The number of ether oxygens (including phenoxy) is 2. The fourth-order valence-corrected chi connectivity index (χ4v) is 4.51. The highest BCUT2D eigenvalue weighted by molar-refractivity contribution is 5.94. The Hall–Kier alpha value is -3.10. The summed E-state index contributed by atoms with van der Waals surface area (Å²) in [7, 11) is 3.37. The van der Waals surface area contributed by atoms with E-state index in [9.17, 15) is 4.79 Å². The van der Waals surface area contributed by atoms with E-state index in [0.717, 1.165) is 48.1 Å². The normalized spacial score (nSPS) is 14.0. The Morgan fingerprint density at radius 2 is 1.88 bits per heavy atom. The largest absolute Gasteiger partial charge is 0.497 e. The van der Waals surface area contributed by atoms with Crippen LogP contribution in [0.25, 0.3) is 5.65 Å². The lowest BCUT2D eigenvalue weighted by atomic mass is 10.2. The van der Waals surface area contributed by atoms with Crippen LogP contribution in [-0.4, -0.2) is 73.7 Å². The van der Waals surface area contributed by atoms with Gasteiger partial charge in [-0.1, -0.05) is 12.1 Å². The number of aryl methyl sites for hydroxylation is 1. The number of fused-ring (bicyclic) bond motifs is 1. The van der Waals surface area contributed by atoms with E-state index in [1.54, 1.807) is 14.2 Å². The zero-order chi connectivity index (χ0) is 23.9. The van der Waals surface area contributed by atoms with Crippen molar-refractivity contribution in [2.24, 2.45) is 0 Å². The lowest BCUT2D eigenvalue weighted by Gasteiger charge is -2.25. The van der Waals surface area contributed by atoms with Crippen LogP contribution in [0, 0.1) is 6.92 Å². The van der Waals surface area contributed by atoms with Crippen LogP contribution < -0.4 is 15.0 Å². The third-order valence-electron chi connectivity index (χ3n) is 6.33. The molecular formula is C26H35N5O3. The molecule has 3 heterocycles. The molecule has 3 aromatic rings. The Bertz CT molecular complexity index is 1090. The maximum absolute atomic E-state index is 12.9. The summed E-state index contributed by atoms with van der Waals surface area (Å²) in [5, 5.41) is 3.07. The molecule has 1 amide bonds. The molecule has 1 saturated heterocycles. The summed E-state index contributed by atoms with van der Waals surface area (Å²) in [6.45, 7) is 7.79. The van der Waals surface area contributed by atoms with Gasteiger partial charge in [-0.25, -0.2) is 4.98 Å². The number of imidazole rings is 1. The summed E-state index contributed by atoms with van der Waals surface area (Å²) < 4.78 is 12.7. The van der Waals surface area contributed by atoms with Crippen molar-refractivity contribution in [3.8, 4) is 5.75 Å². The number of aromatic nitrogens is 2. The number of nitrogens with one attached hydrogen (secondary N) is 1. The molecule has 0 unspecified atom stereocenters. The summed E-state index contributed by atoms with van der Waals surface area (Å²) in [6.07, 6.45) is 4.40. The summed E-state index contributed by atoms with van der Waals surface area (Å²) in [6, 6.07) is 11.8. The van der Waals surface area contributed by atoms with Crippen LogP contribution in [0.2, 0.25) is 0 Å². The molecule has 182 valence electrons. The number of hydrogen-bond donors (Lipinski definition) is 1. The van der Waals surface area contributed by atoms with Gasteiger partial charge >= 0.3 is 0 Å². The van der Waals surface area contributed by atoms with E-state index in [1.807, 2.05) is 41.8 Å². The number of rotatable bonds is 11. The lowest BCUT2D eigenvalue weighted by Crippen LogP contribution is -2.33. The van der Waals surface area contributed by atoms with E-state index in [1.165, 1.54) is 12.8 Å². The van der Waals surface area contributed by atoms with Crippen LogP contribution in [0.1, 0.15) is 34.5 Å². The van der Waals surface area contributed by atoms with Crippen molar-refractivity contribution in [2.45, 2.75) is 26.3 Å². The number of amides is 1. The summed E-state index contributed by atoms with van der Waals surface area (Å²) in [5.74, 6) is 1.74. The number of hydrogen-bond acceptors (Lipinski definition) is 6. The van der Waals surface area contributed by atoms with Crippen molar-refractivity contribution in [3.63, 3.8) is 0 Å². The maximum atomic E-state index is 12.9. The number of likely N-dealkylation sites (tertiary alicyclic amines) is 1. The standard InChI is InChI=1S/C26H35N5O3/c1-20-26(30(16-17-33-2)18-21-6-9-23(34-3)10-7-21)31-19-22(8-11-24(31)28-20)25(32)27-12-15-29-13-4-5-14-29/h6-11,19H,4-5,12-18H2,1-3H3,(H,27,32). The Kier molecular flexibility index (Phi) is 8.03. The van der Waals surface area contributed by atoms with Gasteiger partial charge in [-0.2, -0.15) is 0 Å². The second kappa shape index (κ2) is 11.4. The number of benzene rings is 1. The maximum Gasteiger partial charge on any atom is 0.252 e. The fraction of sp³-hybridized carbons (Fsp3) is 0.462. The highest BCUT2D eigenvalue weighted by atomic mass is 16.5. The van der Waals surface area contributed by atoms with Gasteiger partial charge in [-0.05, 0) is 62.7 Å². The topological polar surface area (TPSA) is 71.3 Å². The van der Waals surface area contributed by atoms with Crippen molar-refractivity contribution in [1.29, 1.82) is 0 Å². The number of carbonyl (C=O) groups is 1. The van der Waals surface area contributed by atoms with E-state index < -0.39 is 0 Å². The Morgan fingerprint density at radius 1 is 1.12 bits per heavy atom. The molecule has 1 aliphatic heterocycles. The first kappa shape index (κ1) is 24.0. The summed E-state index contributed by atoms with van der Waals surface area (Å²) >= 11 is 0. The molecule has 8 nitrogen and oxygen atoms in total. The van der Waals surface area contributed by atoms with Crippen molar-refractivity contribution in [3.05, 3.63) is 59.4 Å². The Morgan fingerprint density at radius 3 is 2.59 bits per heavy atom. The Balaban J connectivity index is 1.55. The van der Waals surface area contributed by atoms with Crippen LogP contribution in [-0.2, 0) is 11.3 Å². The average molecular weight is 466 g/mol. The number of carbonyl (C=O) groups excluding carboxylic acids is 1. The molecule has 4 rings (SSSR count). The molecule has 0 bridgehead atoms. The molecule has 0 aliphatic carbocycles. The first-order chi connectivity index (χ1) is 16.6. The van der Waals surface area contributed by atoms with Gasteiger partial charge in [0.1, 0.15) is 17.2 Å². The second-order valence-corrected chi connectivity index (χ2v) is 8.73. The predicted octanol–water partition coefficient (Wildman–Crippen LogP) is 3.13. The Labute approximate surface area is 201 Å². The third-order valence-corrected chi connectivity index (χ3v) is 6.33. The minimum absolute atomic E-state index is 0.0583. The molecule has 1 aromatic carbocycles. The summed E-state index contributed by atoms with van der Waals surface area (Å²) in [5.41, 5.74) is 3.51. The van der Waals surface area contributed by atoms with Crippen LogP contribution in [0.4, 0.5) is 5.82 Å². The number of anilines is 1. The smallest absolute Gasteiger partial charge is 0.252 e. The molecule has 34 heavy (non-hydrogen) atoms. The molecule has 1 aliphatic rings. The third kappa shape index (κ3) is 5.69. The SMILES string of the molecule is COCCN(Cc1ccc(OC)cc1)c1c(C)nc2ccc(C(=O)NCCN3CCCC3)cn12. The molecule has 0 spiro atoms. The quantitative estimate of drug-likeness (QED) is 0.469. The first-order valence-electron chi connectivity index (χ1n) is 11.9. The highest BCUT2D eigenvalue weighted by Crippen LogP contribution is 2.25. The van der Waals surface area contributed by atoms with Gasteiger partial charge in [0.15, 0.2) is 0 Å². The van der Waals surface area contributed by atoms with E-state index in [4.69, 9.17) is 14.5 Å². The van der Waals surface area contributed by atoms with Gasteiger partial charge in [0, 0.05) is 39.5 Å². The van der Waals surface area contributed by atoms with E-state index in [0.29, 0.717) is 31.8 Å². The van der Waals surface area contributed by atoms with Crippen LogP contribution in [0.3, 0.4) is 0 Å². The molecule has 1 fully saturated rings. The molecule has 2 aromatic heterocycles. The fourth-order valence-electron chi connectivity index (χ4n) is 4.51. The van der Waals surface area contributed by atoms with Gasteiger partial charge in [-0.15, -0.1) is 0 Å². The first-order valence-corrected chi connectivity index (χ1v) is 11.9. The highest BCUT2D eigenvalue weighted by Gasteiger charge is 2.19. The van der Waals surface area contributed by atoms with Gasteiger partial charge in [0.05, 0.1) is 25.0 Å². The van der Waals surface area contributed by atoms with Gasteiger partial charge in [0.25, 0.3) is 5.91 Å². The minimum atomic E-state index is -0.0583. The van der Waals surface area contributed by atoms with Crippen LogP contribution in [0.5, 0.6) is 5.75 Å². The van der Waals surface area contributed by atoms with Gasteiger partial charge < -0.3 is 24.6 Å². The zero-order valence-corrected chi connectivity index (χ0v) is 20.4. The predicted molar refractivity (Wildman–Crippen MR) is 134 cm³/mol. The molecule has 1 N–H and O–H groups in total. The molecule has 0 saturated carbocycles. The van der Waals surface area contributed by atoms with Crippen LogP contribution in [0.15, 0.2) is 42.6 Å². The van der Waals surface area contributed by atoms with E-state index in [-0.39, 0.29) is 5.91 Å². The number of methoxy groups -OCH3 is 2. The van der Waals surface area contributed by atoms with Gasteiger partial charge in [-0.3, -0.25) is 9.20 Å².